The standard InChI is InChI=1S/C13H8ClF3O3/c14-12-6-5-11(19-12)10(18)7-8-1-3-9(4-2-8)20-13(15,16)17/h1-6H,7H2. The van der Waals surface area contributed by atoms with Crippen molar-refractivity contribution >= 4 is 17.4 Å². The molecule has 2 aromatic rings. The van der Waals surface area contributed by atoms with E-state index in [1.54, 1.807) is 0 Å². The number of carbonyl (C=O) groups excluding carboxylic acids is 1. The minimum absolute atomic E-state index is 0.00383. The fraction of sp³-hybridized carbons (Fsp3) is 0.154. The minimum atomic E-state index is -4.73. The van der Waals surface area contributed by atoms with Gasteiger partial charge in [0, 0.05) is 6.42 Å². The van der Waals surface area contributed by atoms with Gasteiger partial charge in [-0.3, -0.25) is 4.79 Å². The third-order valence-corrected chi connectivity index (χ3v) is 2.57. The average molecular weight is 305 g/mol. The predicted molar refractivity (Wildman–Crippen MR) is 64.9 cm³/mol. The van der Waals surface area contributed by atoms with Crippen molar-refractivity contribution in [3.8, 4) is 5.75 Å². The Kier molecular flexibility index (Phi) is 4.04. The lowest BCUT2D eigenvalue weighted by Crippen LogP contribution is -2.17. The summed E-state index contributed by atoms with van der Waals surface area (Å²) in [6.45, 7) is 0. The van der Waals surface area contributed by atoms with Crippen molar-refractivity contribution < 1.29 is 27.1 Å². The highest BCUT2D eigenvalue weighted by molar-refractivity contribution is 6.29. The van der Waals surface area contributed by atoms with Crippen molar-refractivity contribution in [1.82, 2.24) is 0 Å². The van der Waals surface area contributed by atoms with Crippen LogP contribution in [-0.4, -0.2) is 12.1 Å². The summed E-state index contributed by atoms with van der Waals surface area (Å²) in [5.41, 5.74) is 0.539. The molecular weight excluding hydrogens is 297 g/mol. The van der Waals surface area contributed by atoms with Crippen molar-refractivity contribution in [3.05, 3.63) is 52.9 Å². The lowest BCUT2D eigenvalue weighted by atomic mass is 10.1. The molecule has 1 aromatic carbocycles. The Hall–Kier alpha value is -1.95. The van der Waals surface area contributed by atoms with Crippen LogP contribution in [0.2, 0.25) is 5.22 Å². The number of alkyl halides is 3. The monoisotopic (exact) mass is 304 g/mol. The molecule has 0 radical (unpaired) electrons. The Morgan fingerprint density at radius 3 is 2.30 bits per heavy atom. The van der Waals surface area contributed by atoms with Gasteiger partial charge in [0.15, 0.2) is 11.0 Å². The Bertz CT molecular complexity index is 602. The largest absolute Gasteiger partial charge is 0.573 e. The number of hydrogen-bond donors (Lipinski definition) is 0. The van der Waals surface area contributed by atoms with Crippen LogP contribution < -0.4 is 4.74 Å². The molecular formula is C13H8ClF3O3. The summed E-state index contributed by atoms with van der Waals surface area (Å²) in [7, 11) is 0. The van der Waals surface area contributed by atoms with Crippen LogP contribution in [0.15, 0.2) is 40.8 Å². The fourth-order valence-corrected chi connectivity index (χ4v) is 1.69. The van der Waals surface area contributed by atoms with Crippen LogP contribution >= 0.6 is 11.6 Å². The molecule has 0 saturated heterocycles. The normalized spacial score (nSPS) is 11.4. The first-order valence-corrected chi connectivity index (χ1v) is 5.84. The molecule has 0 spiro atoms. The number of hydrogen-bond acceptors (Lipinski definition) is 3. The van der Waals surface area contributed by atoms with Crippen LogP contribution in [0.4, 0.5) is 13.2 Å². The van der Waals surface area contributed by atoms with E-state index < -0.39 is 6.36 Å². The number of ether oxygens (including phenoxy) is 1. The summed E-state index contributed by atoms with van der Waals surface area (Å²) < 4.78 is 44.6. The summed E-state index contributed by atoms with van der Waals surface area (Å²) >= 11 is 5.55. The zero-order valence-electron chi connectivity index (χ0n) is 9.91. The van der Waals surface area contributed by atoms with Crippen molar-refractivity contribution in [3.63, 3.8) is 0 Å². The van der Waals surface area contributed by atoms with E-state index in [2.05, 4.69) is 4.74 Å². The van der Waals surface area contributed by atoms with E-state index in [4.69, 9.17) is 16.0 Å². The second-order valence-electron chi connectivity index (χ2n) is 3.90. The van der Waals surface area contributed by atoms with Gasteiger partial charge in [-0.2, -0.15) is 0 Å². The van der Waals surface area contributed by atoms with Gasteiger partial charge < -0.3 is 9.15 Å². The molecule has 0 aliphatic rings. The summed E-state index contributed by atoms with van der Waals surface area (Å²) in [5.74, 6) is -0.554. The van der Waals surface area contributed by atoms with Gasteiger partial charge in [0.2, 0.25) is 5.78 Å². The van der Waals surface area contributed by atoms with Gasteiger partial charge in [-0.15, -0.1) is 13.2 Å². The lowest BCUT2D eigenvalue weighted by molar-refractivity contribution is -0.274. The van der Waals surface area contributed by atoms with Gasteiger partial charge >= 0.3 is 6.36 Å². The van der Waals surface area contributed by atoms with Crippen LogP contribution in [0.3, 0.4) is 0 Å². The predicted octanol–water partition coefficient (Wildman–Crippen LogP) is 4.26. The second kappa shape index (κ2) is 5.58. The minimum Gasteiger partial charge on any atom is -0.442 e. The van der Waals surface area contributed by atoms with E-state index in [1.807, 2.05) is 0 Å². The molecule has 0 saturated carbocycles. The summed E-state index contributed by atoms with van der Waals surface area (Å²) in [4.78, 5) is 11.8. The number of Topliss-reactive ketones (excluding diaryl/α,β-unsaturated/α-hetero) is 1. The van der Waals surface area contributed by atoms with Crippen LogP contribution in [0.5, 0.6) is 5.75 Å². The van der Waals surface area contributed by atoms with Gasteiger partial charge in [0.05, 0.1) is 0 Å². The zero-order chi connectivity index (χ0) is 14.8. The highest BCUT2D eigenvalue weighted by Crippen LogP contribution is 2.23. The van der Waals surface area contributed by atoms with Crippen LogP contribution in [-0.2, 0) is 6.42 Å². The first kappa shape index (κ1) is 14.5. The number of benzene rings is 1. The summed E-state index contributed by atoms with van der Waals surface area (Å²) in [6, 6.07) is 7.92. The Morgan fingerprint density at radius 2 is 1.80 bits per heavy atom. The first-order valence-electron chi connectivity index (χ1n) is 5.47. The van der Waals surface area contributed by atoms with Crippen molar-refractivity contribution in [2.24, 2.45) is 0 Å². The van der Waals surface area contributed by atoms with Gasteiger partial charge in [0.25, 0.3) is 0 Å². The number of halogens is 4. The van der Waals surface area contributed by atoms with E-state index in [0.717, 1.165) is 12.1 Å². The van der Waals surface area contributed by atoms with E-state index >= 15 is 0 Å². The number of carbonyl (C=O) groups is 1. The molecule has 2 rings (SSSR count). The maximum absolute atomic E-state index is 12.0. The molecule has 0 aliphatic heterocycles. The topological polar surface area (TPSA) is 39.4 Å². The molecule has 1 aromatic heterocycles. The van der Waals surface area contributed by atoms with E-state index in [1.165, 1.54) is 24.3 Å². The van der Waals surface area contributed by atoms with Gasteiger partial charge in [-0.25, -0.2) is 0 Å². The lowest BCUT2D eigenvalue weighted by Gasteiger charge is -2.08. The maximum atomic E-state index is 12.0. The molecule has 3 nitrogen and oxygen atoms in total. The first-order chi connectivity index (χ1) is 9.33. The average Bonchev–Trinajstić information content (AvgIpc) is 2.77. The maximum Gasteiger partial charge on any atom is 0.573 e. The smallest absolute Gasteiger partial charge is 0.442 e. The van der Waals surface area contributed by atoms with E-state index in [9.17, 15) is 18.0 Å². The van der Waals surface area contributed by atoms with Crippen molar-refractivity contribution in [2.45, 2.75) is 12.8 Å². The second-order valence-corrected chi connectivity index (χ2v) is 4.27. The molecule has 0 atom stereocenters. The highest BCUT2D eigenvalue weighted by Gasteiger charge is 2.30. The quantitative estimate of drug-likeness (QED) is 0.792. The van der Waals surface area contributed by atoms with Crippen LogP contribution in [0.1, 0.15) is 16.1 Å². The SMILES string of the molecule is O=C(Cc1ccc(OC(F)(F)F)cc1)c1ccc(Cl)o1. The summed E-state index contributed by atoms with van der Waals surface area (Å²) in [5, 5.41) is 0.0993. The number of furan rings is 1. The third kappa shape index (κ3) is 4.03. The Balaban J connectivity index is 2.02. The van der Waals surface area contributed by atoms with Crippen LogP contribution in [0, 0.1) is 0 Å². The van der Waals surface area contributed by atoms with Gasteiger partial charge in [-0.05, 0) is 41.4 Å². The molecule has 0 fully saturated rings. The summed E-state index contributed by atoms with van der Waals surface area (Å²) in [6.07, 6.45) is -4.74. The van der Waals surface area contributed by atoms with E-state index in [0.29, 0.717) is 5.56 Å². The number of rotatable bonds is 4. The molecule has 1 heterocycles. The van der Waals surface area contributed by atoms with Crippen molar-refractivity contribution in [1.29, 1.82) is 0 Å². The third-order valence-electron chi connectivity index (χ3n) is 2.37. The molecule has 0 N–H and O–H groups in total. The van der Waals surface area contributed by atoms with Crippen LogP contribution in [0.25, 0.3) is 0 Å². The number of ketones is 1. The Labute approximate surface area is 116 Å². The zero-order valence-corrected chi connectivity index (χ0v) is 10.7. The Morgan fingerprint density at radius 1 is 1.15 bits per heavy atom. The van der Waals surface area contributed by atoms with E-state index in [-0.39, 0.29) is 28.9 Å². The molecule has 0 amide bonds. The fourth-order valence-electron chi connectivity index (χ4n) is 1.55. The molecule has 0 unspecified atom stereocenters. The molecule has 106 valence electrons. The highest BCUT2D eigenvalue weighted by atomic mass is 35.5. The molecule has 0 aliphatic carbocycles. The molecule has 7 heteroatoms. The molecule has 0 bridgehead atoms. The van der Waals surface area contributed by atoms with Gasteiger partial charge in [-0.1, -0.05) is 12.1 Å². The van der Waals surface area contributed by atoms with Crippen molar-refractivity contribution in [2.75, 3.05) is 0 Å². The molecule has 20 heavy (non-hydrogen) atoms. The van der Waals surface area contributed by atoms with Gasteiger partial charge in [0.1, 0.15) is 5.75 Å².